The minimum atomic E-state index is -0.490. The first-order valence-electron chi connectivity index (χ1n) is 5.79. The minimum Gasteiger partial charge on any atom is -0.289 e. The van der Waals surface area contributed by atoms with Gasteiger partial charge in [-0.25, -0.2) is 0 Å². The van der Waals surface area contributed by atoms with Gasteiger partial charge in [0.05, 0.1) is 9.96 Å². The summed E-state index contributed by atoms with van der Waals surface area (Å²) >= 11 is 6.05. The van der Waals surface area contributed by atoms with Crippen molar-refractivity contribution < 1.29 is 9.72 Å². The molecule has 0 N–H and O–H groups in total. The number of hydrogen-bond donors (Lipinski definition) is 0. The number of allylic oxidation sites excluding steroid dienone is 1. The first-order valence-corrected chi connectivity index (χ1v) is 6.17. The first kappa shape index (κ1) is 14.0. The summed E-state index contributed by atoms with van der Waals surface area (Å²) < 4.78 is 0. The Kier molecular flexibility index (Phi) is 4.27. The maximum absolute atomic E-state index is 11.9. The zero-order chi connectivity index (χ0) is 14.5. The van der Waals surface area contributed by atoms with E-state index in [-0.39, 0.29) is 16.5 Å². The Morgan fingerprint density at radius 1 is 1.00 bits per heavy atom. The molecule has 0 aliphatic carbocycles. The van der Waals surface area contributed by atoms with Crippen molar-refractivity contribution in [1.29, 1.82) is 0 Å². The van der Waals surface area contributed by atoms with E-state index in [1.807, 2.05) is 6.07 Å². The zero-order valence-electron chi connectivity index (χ0n) is 10.3. The third kappa shape index (κ3) is 3.30. The van der Waals surface area contributed by atoms with Crippen molar-refractivity contribution in [3.05, 3.63) is 81.9 Å². The molecule has 0 aromatic heterocycles. The van der Waals surface area contributed by atoms with Gasteiger partial charge in [0.1, 0.15) is 0 Å². The van der Waals surface area contributed by atoms with Crippen molar-refractivity contribution in [2.75, 3.05) is 0 Å². The molecule has 2 aromatic carbocycles. The summed E-state index contributed by atoms with van der Waals surface area (Å²) in [4.78, 5) is 22.0. The second-order valence-corrected chi connectivity index (χ2v) is 4.43. The smallest absolute Gasteiger partial charge is 0.269 e. The number of carbonyl (C=O) groups is 1. The summed E-state index contributed by atoms with van der Waals surface area (Å²) in [6.45, 7) is 0. The number of nitro groups is 1. The summed E-state index contributed by atoms with van der Waals surface area (Å²) in [7, 11) is 0. The van der Waals surface area contributed by atoms with Crippen LogP contribution in [-0.4, -0.2) is 10.7 Å². The van der Waals surface area contributed by atoms with Crippen molar-refractivity contribution in [1.82, 2.24) is 0 Å². The predicted molar refractivity (Wildman–Crippen MR) is 77.7 cm³/mol. The second-order valence-electron chi connectivity index (χ2n) is 4.03. The van der Waals surface area contributed by atoms with E-state index in [2.05, 4.69) is 0 Å². The monoisotopic (exact) mass is 287 g/mol. The van der Waals surface area contributed by atoms with Gasteiger partial charge >= 0.3 is 0 Å². The third-order valence-electron chi connectivity index (χ3n) is 2.67. The van der Waals surface area contributed by atoms with Crippen molar-refractivity contribution in [2.24, 2.45) is 0 Å². The standard InChI is InChI=1S/C15H10ClNO3/c16-14(10-15(18)12-4-2-1-3-5-12)11-6-8-13(9-7-11)17(19)20/h1-10H/b14-10-. The van der Waals surface area contributed by atoms with Crippen molar-refractivity contribution in [3.63, 3.8) is 0 Å². The molecule has 5 heteroatoms. The molecule has 0 aliphatic heterocycles. The fourth-order valence-electron chi connectivity index (χ4n) is 1.63. The highest BCUT2D eigenvalue weighted by atomic mass is 35.5. The van der Waals surface area contributed by atoms with E-state index in [1.165, 1.54) is 30.3 Å². The van der Waals surface area contributed by atoms with Gasteiger partial charge in [0, 0.05) is 23.8 Å². The van der Waals surface area contributed by atoms with Crippen LogP contribution < -0.4 is 0 Å². The van der Waals surface area contributed by atoms with Gasteiger partial charge in [-0.1, -0.05) is 41.9 Å². The third-order valence-corrected chi connectivity index (χ3v) is 3.00. The van der Waals surface area contributed by atoms with Gasteiger partial charge in [0.25, 0.3) is 5.69 Å². The Hall–Kier alpha value is -2.46. The van der Waals surface area contributed by atoms with E-state index < -0.39 is 4.92 Å². The molecule has 0 spiro atoms. The van der Waals surface area contributed by atoms with Gasteiger partial charge in [-0.15, -0.1) is 0 Å². The van der Waals surface area contributed by atoms with Crippen molar-refractivity contribution >= 4 is 28.1 Å². The van der Waals surface area contributed by atoms with Gasteiger partial charge in [0.2, 0.25) is 0 Å². The lowest BCUT2D eigenvalue weighted by atomic mass is 10.1. The molecule has 2 rings (SSSR count). The average Bonchev–Trinajstić information content (AvgIpc) is 2.48. The molecule has 0 aliphatic rings. The Bertz CT molecular complexity index is 663. The number of rotatable bonds is 4. The molecule has 0 bridgehead atoms. The van der Waals surface area contributed by atoms with E-state index in [4.69, 9.17) is 11.6 Å². The Labute approximate surface area is 120 Å². The van der Waals surface area contributed by atoms with Gasteiger partial charge in [-0.05, 0) is 17.7 Å². The Morgan fingerprint density at radius 2 is 1.60 bits per heavy atom. The lowest BCUT2D eigenvalue weighted by molar-refractivity contribution is -0.384. The molecule has 4 nitrogen and oxygen atoms in total. The maximum atomic E-state index is 11.9. The van der Waals surface area contributed by atoms with Crippen LogP contribution in [0.1, 0.15) is 15.9 Å². The van der Waals surface area contributed by atoms with Crippen LogP contribution in [0.5, 0.6) is 0 Å². The number of carbonyl (C=O) groups excluding carboxylic acids is 1. The van der Waals surface area contributed by atoms with Crippen molar-refractivity contribution in [2.45, 2.75) is 0 Å². The number of ketones is 1. The lowest BCUT2D eigenvalue weighted by Gasteiger charge is -2.00. The molecule has 0 saturated carbocycles. The number of nitrogens with zero attached hydrogens (tertiary/aromatic N) is 1. The fraction of sp³-hybridized carbons (Fsp3) is 0. The van der Waals surface area contributed by atoms with Crippen LogP contribution in [-0.2, 0) is 0 Å². The van der Waals surface area contributed by atoms with Crippen molar-refractivity contribution in [3.8, 4) is 0 Å². The summed E-state index contributed by atoms with van der Waals surface area (Å²) in [5.41, 5.74) is 1.07. The molecular formula is C15H10ClNO3. The molecule has 0 saturated heterocycles. The van der Waals surface area contributed by atoms with Crippen LogP contribution in [0.25, 0.3) is 5.03 Å². The van der Waals surface area contributed by atoms with Crippen LogP contribution in [0.4, 0.5) is 5.69 Å². The summed E-state index contributed by atoms with van der Waals surface area (Å²) in [6, 6.07) is 14.4. The molecule has 0 heterocycles. The van der Waals surface area contributed by atoms with Gasteiger partial charge < -0.3 is 0 Å². The van der Waals surface area contributed by atoms with E-state index in [9.17, 15) is 14.9 Å². The lowest BCUT2D eigenvalue weighted by Crippen LogP contribution is -1.94. The Balaban J connectivity index is 2.22. The predicted octanol–water partition coefficient (Wildman–Crippen LogP) is 4.06. The summed E-state index contributed by atoms with van der Waals surface area (Å²) in [5.74, 6) is -0.214. The number of nitro benzene ring substituents is 1. The molecule has 0 fully saturated rings. The first-order chi connectivity index (χ1) is 9.58. The van der Waals surface area contributed by atoms with E-state index in [1.54, 1.807) is 24.3 Å². The average molecular weight is 288 g/mol. The molecule has 20 heavy (non-hydrogen) atoms. The van der Waals surface area contributed by atoms with Gasteiger partial charge in [-0.3, -0.25) is 14.9 Å². The number of benzene rings is 2. The SMILES string of the molecule is O=C(/C=C(\Cl)c1ccc([N+](=O)[O-])cc1)c1ccccc1. The van der Waals surface area contributed by atoms with Crippen LogP contribution in [0, 0.1) is 10.1 Å². The quantitative estimate of drug-likeness (QED) is 0.369. The highest BCUT2D eigenvalue weighted by molar-refractivity contribution is 6.50. The number of halogens is 1. The van der Waals surface area contributed by atoms with Crippen LogP contribution >= 0.6 is 11.6 Å². The molecule has 0 radical (unpaired) electrons. The summed E-state index contributed by atoms with van der Waals surface area (Å²) in [5, 5.41) is 10.8. The minimum absolute atomic E-state index is 0.0207. The zero-order valence-corrected chi connectivity index (χ0v) is 11.1. The van der Waals surface area contributed by atoms with E-state index >= 15 is 0 Å². The highest BCUT2D eigenvalue weighted by Gasteiger charge is 2.08. The highest BCUT2D eigenvalue weighted by Crippen LogP contribution is 2.22. The topological polar surface area (TPSA) is 60.2 Å². The van der Waals surface area contributed by atoms with Gasteiger partial charge in [0.15, 0.2) is 5.78 Å². The van der Waals surface area contributed by atoms with Crippen LogP contribution in [0.3, 0.4) is 0 Å². The normalized spacial score (nSPS) is 11.2. The van der Waals surface area contributed by atoms with Crippen LogP contribution in [0.15, 0.2) is 60.7 Å². The Morgan fingerprint density at radius 3 is 2.15 bits per heavy atom. The maximum Gasteiger partial charge on any atom is 0.269 e. The van der Waals surface area contributed by atoms with Gasteiger partial charge in [-0.2, -0.15) is 0 Å². The number of hydrogen-bond acceptors (Lipinski definition) is 3. The molecule has 0 atom stereocenters. The summed E-state index contributed by atoms with van der Waals surface area (Å²) in [6.07, 6.45) is 1.30. The fourth-order valence-corrected chi connectivity index (χ4v) is 1.85. The van der Waals surface area contributed by atoms with E-state index in [0.717, 1.165) is 0 Å². The molecular weight excluding hydrogens is 278 g/mol. The van der Waals surface area contributed by atoms with Crippen LogP contribution in [0.2, 0.25) is 0 Å². The second kappa shape index (κ2) is 6.12. The largest absolute Gasteiger partial charge is 0.289 e. The molecule has 2 aromatic rings. The number of non-ortho nitro benzene ring substituents is 1. The molecule has 0 amide bonds. The van der Waals surface area contributed by atoms with E-state index in [0.29, 0.717) is 11.1 Å². The molecule has 0 unspecified atom stereocenters. The molecule has 100 valence electrons.